The van der Waals surface area contributed by atoms with Gasteiger partial charge in [0.25, 0.3) is 5.91 Å². The Labute approximate surface area is 175 Å². The summed E-state index contributed by atoms with van der Waals surface area (Å²) < 4.78 is 40.1. The van der Waals surface area contributed by atoms with Gasteiger partial charge in [-0.25, -0.2) is 8.42 Å². The molecular weight excluding hydrogens is 406 g/mol. The molecule has 8 nitrogen and oxygen atoms in total. The lowest BCUT2D eigenvalue weighted by molar-refractivity contribution is 0.0729. The lowest BCUT2D eigenvalue weighted by atomic mass is 10.1. The average Bonchev–Trinajstić information content (AvgIpc) is 3.15. The first-order chi connectivity index (χ1) is 14.4. The number of rotatable bonds is 5. The lowest BCUT2D eigenvalue weighted by Gasteiger charge is -2.26. The molecule has 1 amide bonds. The van der Waals surface area contributed by atoms with E-state index in [1.165, 1.54) is 23.5 Å². The van der Waals surface area contributed by atoms with Crippen LogP contribution in [0.4, 0.5) is 5.69 Å². The Morgan fingerprint density at radius 3 is 2.63 bits per heavy atom. The second-order valence-corrected chi connectivity index (χ2v) is 8.91. The third kappa shape index (κ3) is 3.67. The number of morpholine rings is 1. The molecule has 158 valence electrons. The van der Waals surface area contributed by atoms with Crippen LogP contribution in [-0.4, -0.2) is 56.6 Å². The van der Waals surface area contributed by atoms with Gasteiger partial charge >= 0.3 is 0 Å². The van der Waals surface area contributed by atoms with Crippen molar-refractivity contribution in [2.45, 2.75) is 4.90 Å². The molecule has 1 aromatic heterocycles. The van der Waals surface area contributed by atoms with Crippen molar-refractivity contribution in [3.63, 3.8) is 0 Å². The summed E-state index contributed by atoms with van der Waals surface area (Å²) in [6.45, 7) is 1.20. The van der Waals surface area contributed by atoms with Gasteiger partial charge in [0.2, 0.25) is 10.0 Å². The van der Waals surface area contributed by atoms with Crippen LogP contribution in [0, 0.1) is 0 Å². The predicted octanol–water partition coefficient (Wildman–Crippen LogP) is 2.46. The van der Waals surface area contributed by atoms with Gasteiger partial charge in [-0.15, -0.1) is 0 Å². The highest BCUT2D eigenvalue weighted by Gasteiger charge is 2.30. The number of aryl methyl sites for hydroxylation is 1. The second kappa shape index (κ2) is 8.10. The maximum atomic E-state index is 13.1. The molecule has 0 saturated carbocycles. The van der Waals surface area contributed by atoms with Crippen LogP contribution in [0.2, 0.25) is 0 Å². The summed E-state index contributed by atoms with van der Waals surface area (Å²) in [6, 6.07) is 12.0. The summed E-state index contributed by atoms with van der Waals surface area (Å²) in [7, 11) is -0.483. The van der Waals surface area contributed by atoms with Gasteiger partial charge in [-0.05, 0) is 36.4 Å². The number of ether oxygens (including phenoxy) is 2. The van der Waals surface area contributed by atoms with Crippen LogP contribution in [0.5, 0.6) is 5.75 Å². The molecule has 0 radical (unpaired) electrons. The zero-order valence-corrected chi connectivity index (χ0v) is 17.6. The summed E-state index contributed by atoms with van der Waals surface area (Å²) >= 11 is 0. The minimum atomic E-state index is -3.82. The number of aromatic nitrogens is 1. The number of fused-ring (bicyclic) bond motifs is 1. The second-order valence-electron chi connectivity index (χ2n) is 7.00. The fourth-order valence-corrected chi connectivity index (χ4v) is 5.14. The van der Waals surface area contributed by atoms with Crippen molar-refractivity contribution < 1.29 is 22.7 Å². The number of hydrogen-bond donors (Lipinski definition) is 1. The van der Waals surface area contributed by atoms with Crippen molar-refractivity contribution >= 4 is 32.5 Å². The van der Waals surface area contributed by atoms with Gasteiger partial charge in [0, 0.05) is 42.8 Å². The molecule has 2 heterocycles. The van der Waals surface area contributed by atoms with Gasteiger partial charge in [0.1, 0.15) is 10.6 Å². The van der Waals surface area contributed by atoms with E-state index >= 15 is 0 Å². The quantitative estimate of drug-likeness (QED) is 0.673. The number of sulfonamides is 1. The van der Waals surface area contributed by atoms with E-state index in [-0.39, 0.29) is 29.3 Å². The van der Waals surface area contributed by atoms with Gasteiger partial charge in [0.05, 0.1) is 26.0 Å². The molecule has 0 unspecified atom stereocenters. The molecule has 0 bridgehead atoms. The van der Waals surface area contributed by atoms with E-state index < -0.39 is 15.9 Å². The zero-order valence-electron chi connectivity index (χ0n) is 16.8. The Hall–Kier alpha value is -2.88. The molecular formula is C21H23N3O5S. The molecule has 4 rings (SSSR count). The molecule has 2 aromatic carbocycles. The molecule has 0 atom stereocenters. The first-order valence-corrected chi connectivity index (χ1v) is 11.0. The molecule has 30 heavy (non-hydrogen) atoms. The number of amides is 1. The smallest absolute Gasteiger partial charge is 0.255 e. The van der Waals surface area contributed by atoms with Crippen LogP contribution in [0.1, 0.15) is 10.4 Å². The van der Waals surface area contributed by atoms with Crippen LogP contribution < -0.4 is 10.1 Å². The van der Waals surface area contributed by atoms with Gasteiger partial charge in [-0.2, -0.15) is 4.31 Å². The Bertz CT molecular complexity index is 1200. The van der Waals surface area contributed by atoms with E-state index in [4.69, 9.17) is 9.47 Å². The normalized spacial score (nSPS) is 15.3. The fraction of sp³-hybridized carbons (Fsp3) is 0.286. The van der Waals surface area contributed by atoms with E-state index in [2.05, 4.69) is 5.32 Å². The number of carbonyl (C=O) groups is 1. The SMILES string of the molecule is COc1ccc(C(=O)Nc2cccc3c2ccn3C)cc1S(=O)(=O)N1CCOCC1. The van der Waals surface area contributed by atoms with Crippen LogP contribution in [0.15, 0.2) is 53.6 Å². The number of anilines is 1. The van der Waals surface area contributed by atoms with Crippen LogP contribution >= 0.6 is 0 Å². The summed E-state index contributed by atoms with van der Waals surface area (Å²) in [5, 5.41) is 3.79. The Balaban J connectivity index is 1.67. The van der Waals surface area contributed by atoms with Gasteiger partial charge in [-0.3, -0.25) is 4.79 Å². The van der Waals surface area contributed by atoms with E-state index in [0.29, 0.717) is 18.9 Å². The minimum Gasteiger partial charge on any atom is -0.495 e. The molecule has 1 fully saturated rings. The van der Waals surface area contributed by atoms with E-state index in [9.17, 15) is 13.2 Å². The molecule has 1 aliphatic rings. The van der Waals surface area contributed by atoms with Gasteiger partial charge < -0.3 is 19.4 Å². The summed E-state index contributed by atoms with van der Waals surface area (Å²) in [5.74, 6) is -0.198. The number of nitrogens with one attached hydrogen (secondary N) is 1. The highest BCUT2D eigenvalue weighted by Crippen LogP contribution is 2.29. The van der Waals surface area contributed by atoms with E-state index in [0.717, 1.165) is 10.9 Å². The standard InChI is InChI=1S/C21H23N3O5S/c1-23-9-8-16-17(4-3-5-18(16)23)22-21(25)15-6-7-19(28-2)20(14-15)30(26,27)24-10-12-29-13-11-24/h3-9,14H,10-13H2,1-2H3,(H,22,25). The van der Waals surface area contributed by atoms with Gasteiger partial charge in [0.15, 0.2) is 0 Å². The highest BCUT2D eigenvalue weighted by molar-refractivity contribution is 7.89. The molecule has 0 spiro atoms. The number of nitrogens with zero attached hydrogens (tertiary/aromatic N) is 2. The lowest BCUT2D eigenvalue weighted by Crippen LogP contribution is -2.40. The maximum Gasteiger partial charge on any atom is 0.255 e. The third-order valence-electron chi connectivity index (χ3n) is 5.19. The number of methoxy groups -OCH3 is 1. The molecule has 3 aromatic rings. The molecule has 1 N–H and O–H groups in total. The highest BCUT2D eigenvalue weighted by atomic mass is 32.2. The van der Waals surface area contributed by atoms with Crippen molar-refractivity contribution in [1.82, 2.24) is 8.87 Å². The monoisotopic (exact) mass is 429 g/mol. The number of carbonyl (C=O) groups excluding carboxylic acids is 1. The van der Waals surface area contributed by atoms with Crippen molar-refractivity contribution in [2.24, 2.45) is 7.05 Å². The van der Waals surface area contributed by atoms with Crippen molar-refractivity contribution in [2.75, 3.05) is 38.7 Å². The first-order valence-electron chi connectivity index (χ1n) is 9.53. The first kappa shape index (κ1) is 20.4. The number of benzene rings is 2. The topological polar surface area (TPSA) is 89.9 Å². The zero-order chi connectivity index (χ0) is 21.3. The minimum absolute atomic E-state index is 0.0301. The largest absolute Gasteiger partial charge is 0.495 e. The molecule has 1 aliphatic heterocycles. The van der Waals surface area contributed by atoms with Crippen molar-refractivity contribution in [1.29, 1.82) is 0 Å². The Morgan fingerprint density at radius 1 is 1.13 bits per heavy atom. The fourth-order valence-electron chi connectivity index (χ4n) is 3.55. The van der Waals surface area contributed by atoms with Crippen LogP contribution in [0.3, 0.4) is 0 Å². The van der Waals surface area contributed by atoms with Crippen LogP contribution in [-0.2, 0) is 21.8 Å². The summed E-state index contributed by atoms with van der Waals surface area (Å²) in [6.07, 6.45) is 1.92. The third-order valence-corrected chi connectivity index (χ3v) is 7.11. The molecule has 1 saturated heterocycles. The Kier molecular flexibility index (Phi) is 5.50. The average molecular weight is 429 g/mol. The summed E-state index contributed by atoms with van der Waals surface area (Å²) in [4.78, 5) is 12.9. The van der Waals surface area contributed by atoms with Crippen molar-refractivity contribution in [3.8, 4) is 5.75 Å². The maximum absolute atomic E-state index is 13.1. The Morgan fingerprint density at radius 2 is 1.90 bits per heavy atom. The summed E-state index contributed by atoms with van der Waals surface area (Å²) in [5.41, 5.74) is 1.88. The molecule has 9 heteroatoms. The van der Waals surface area contributed by atoms with Gasteiger partial charge in [-0.1, -0.05) is 6.07 Å². The van der Waals surface area contributed by atoms with E-state index in [1.807, 2.05) is 42.1 Å². The number of hydrogen-bond acceptors (Lipinski definition) is 5. The van der Waals surface area contributed by atoms with Crippen molar-refractivity contribution in [3.05, 3.63) is 54.2 Å². The predicted molar refractivity (Wildman–Crippen MR) is 113 cm³/mol. The molecule has 0 aliphatic carbocycles. The van der Waals surface area contributed by atoms with E-state index in [1.54, 1.807) is 6.07 Å². The van der Waals surface area contributed by atoms with Crippen LogP contribution in [0.25, 0.3) is 10.9 Å².